The molecule has 144 valence electrons. The van der Waals surface area contributed by atoms with Gasteiger partial charge in [-0.3, -0.25) is 0 Å². The number of nitrogens with zero attached hydrogens (tertiary/aromatic N) is 5. The lowest BCUT2D eigenvalue weighted by Gasteiger charge is -2.05. The Hall–Kier alpha value is -2.25. The topological polar surface area (TPSA) is 30.5 Å². The molecule has 0 saturated heterocycles. The Bertz CT molecular complexity index is 989. The van der Waals surface area contributed by atoms with E-state index in [4.69, 9.17) is 4.98 Å². The third-order valence-electron chi connectivity index (χ3n) is 4.87. The van der Waals surface area contributed by atoms with E-state index < -0.39 is 0 Å². The van der Waals surface area contributed by atoms with Gasteiger partial charge in [0.25, 0.3) is 0 Å². The van der Waals surface area contributed by atoms with Crippen molar-refractivity contribution in [1.82, 2.24) is 14.1 Å². The van der Waals surface area contributed by atoms with Crippen LogP contribution in [0.25, 0.3) is 0 Å². The number of fused-ring (bicyclic) bond motifs is 7. The van der Waals surface area contributed by atoms with E-state index in [1.54, 1.807) is 0 Å². The maximum atomic E-state index is 4.83. The van der Waals surface area contributed by atoms with E-state index in [1.165, 1.54) is 11.1 Å². The Morgan fingerprint density at radius 1 is 0.679 bits per heavy atom. The fourth-order valence-electron chi connectivity index (χ4n) is 3.59. The van der Waals surface area contributed by atoms with Crippen LogP contribution in [0.5, 0.6) is 0 Å². The number of hydrogen-bond acceptors (Lipinski definition) is 1. The van der Waals surface area contributed by atoms with E-state index >= 15 is 0 Å². The molecule has 0 amide bonds. The summed E-state index contributed by atoms with van der Waals surface area (Å²) in [5, 5.41) is 0. The van der Waals surface area contributed by atoms with Crippen molar-refractivity contribution in [2.75, 3.05) is 0 Å². The van der Waals surface area contributed by atoms with Crippen LogP contribution in [0.4, 0.5) is 0 Å². The highest BCUT2D eigenvalue weighted by Gasteiger charge is 2.13. The second-order valence-corrected chi connectivity index (χ2v) is 6.91. The van der Waals surface area contributed by atoms with Crippen LogP contribution >= 0.6 is 0 Å². The number of imidazole rings is 2. The second-order valence-electron chi connectivity index (χ2n) is 6.91. The van der Waals surface area contributed by atoms with Gasteiger partial charge in [-0.2, -0.15) is 0 Å². The maximum absolute atomic E-state index is 4.83. The fraction of sp³-hybridized carbons (Fsp3) is 0.190. The van der Waals surface area contributed by atoms with Gasteiger partial charge in [-0.15, -0.1) is 0 Å². The number of rotatable bonds is 0. The summed E-state index contributed by atoms with van der Waals surface area (Å²) in [6.45, 7) is 3.32. The lowest BCUT2D eigenvalue weighted by atomic mass is 10.1. The van der Waals surface area contributed by atoms with Crippen molar-refractivity contribution in [1.29, 1.82) is 0 Å². The van der Waals surface area contributed by atoms with Gasteiger partial charge in [-0.05, 0) is 12.1 Å². The summed E-state index contributed by atoms with van der Waals surface area (Å²) in [7, 11) is 0. The number of hydrogen-bond donors (Lipinski definition) is 0. The van der Waals surface area contributed by atoms with E-state index in [-0.39, 0.29) is 34.0 Å². The molecule has 0 saturated carbocycles. The highest BCUT2D eigenvalue weighted by atomic mass is 79.9. The van der Waals surface area contributed by atoms with Crippen LogP contribution in [0, 0.1) is 0 Å². The molecule has 0 atom stereocenters. The standard InChI is InChI=1S/C21H21N5.2BrH/c1-2-5-19-13-24-9-11-26(17-24)15-21-7-3-6-20(22-21)14-25-10-8-23(16-25)12-18(19)4-1;;/h1-11,16-17H,12-15H2;2*1H/q+2;;/p-2. The molecule has 7 heteroatoms. The van der Waals surface area contributed by atoms with Crippen LogP contribution in [0.15, 0.2) is 79.9 Å². The average molecular weight is 503 g/mol. The summed E-state index contributed by atoms with van der Waals surface area (Å²) in [6, 6.07) is 15.0. The quantitative estimate of drug-likeness (QED) is 0.197. The smallest absolute Gasteiger partial charge is 0.244 e. The van der Waals surface area contributed by atoms with Gasteiger partial charge in [-0.25, -0.2) is 23.3 Å². The molecule has 5 nitrogen and oxygen atoms in total. The lowest BCUT2D eigenvalue weighted by molar-refractivity contribution is -0.693. The first kappa shape index (κ1) is 20.5. The Balaban J connectivity index is 0.00000112. The van der Waals surface area contributed by atoms with Crippen molar-refractivity contribution in [3.8, 4) is 0 Å². The molecule has 5 rings (SSSR count). The SMILES string of the molecule is [Br-].[Br-].c1cc2nc(c1)Cn1cc[n+](c1)Cc1ccccc1C[n+]1ccn(c1)C2. The predicted octanol–water partition coefficient (Wildman–Crippen LogP) is -4.23. The Morgan fingerprint density at radius 3 is 1.68 bits per heavy atom. The third kappa shape index (κ3) is 4.42. The monoisotopic (exact) mass is 501 g/mol. The minimum absolute atomic E-state index is 0. The molecule has 0 aliphatic carbocycles. The molecule has 0 unspecified atom stereocenters. The second kappa shape index (κ2) is 8.84. The van der Waals surface area contributed by atoms with Gasteiger partial charge in [0.1, 0.15) is 51.0 Å². The molecule has 1 aromatic carbocycles. The number of pyridine rings is 1. The number of benzene rings is 1. The molecule has 0 radical (unpaired) electrons. The van der Waals surface area contributed by atoms with Gasteiger partial charge in [0.05, 0.1) is 11.4 Å². The first-order valence-corrected chi connectivity index (χ1v) is 8.93. The molecule has 28 heavy (non-hydrogen) atoms. The normalized spacial score (nSPS) is 12.6. The molecule has 4 aromatic rings. The molecule has 3 aromatic heterocycles. The first-order chi connectivity index (χ1) is 12.8. The fourth-order valence-corrected chi connectivity index (χ4v) is 3.59. The molecule has 1 aliphatic rings. The zero-order valence-corrected chi connectivity index (χ0v) is 18.5. The van der Waals surface area contributed by atoms with Crippen molar-refractivity contribution >= 4 is 0 Å². The van der Waals surface area contributed by atoms with Crippen LogP contribution in [-0.2, 0) is 26.2 Å². The van der Waals surface area contributed by atoms with Gasteiger partial charge >= 0.3 is 0 Å². The summed E-state index contributed by atoms with van der Waals surface area (Å²) in [5.41, 5.74) is 4.87. The van der Waals surface area contributed by atoms with Crippen LogP contribution in [0.1, 0.15) is 22.5 Å². The Kier molecular flexibility index (Phi) is 6.46. The van der Waals surface area contributed by atoms with Gasteiger partial charge < -0.3 is 34.0 Å². The van der Waals surface area contributed by atoms with Crippen LogP contribution in [0.3, 0.4) is 0 Å². The average Bonchev–Trinajstić information content (AvgIpc) is 3.26. The van der Waals surface area contributed by atoms with Crippen LogP contribution in [-0.4, -0.2) is 14.1 Å². The summed E-state index contributed by atoms with van der Waals surface area (Å²) in [6.07, 6.45) is 12.8. The van der Waals surface area contributed by atoms with Crippen molar-refractivity contribution in [3.05, 3.63) is 102 Å². The van der Waals surface area contributed by atoms with Crippen LogP contribution < -0.4 is 43.1 Å². The van der Waals surface area contributed by atoms with E-state index in [0.717, 1.165) is 37.6 Å². The first-order valence-electron chi connectivity index (χ1n) is 8.93. The zero-order valence-electron chi connectivity index (χ0n) is 15.3. The largest absolute Gasteiger partial charge is 1.00 e. The minimum Gasteiger partial charge on any atom is -1.00 e. The van der Waals surface area contributed by atoms with Crippen molar-refractivity contribution in [2.24, 2.45) is 0 Å². The van der Waals surface area contributed by atoms with E-state index in [9.17, 15) is 0 Å². The molecular formula is C21H21Br2N5. The Labute approximate surface area is 185 Å². The summed E-state index contributed by atoms with van der Waals surface area (Å²) < 4.78 is 8.85. The molecule has 0 fully saturated rings. The Morgan fingerprint density at radius 2 is 1.18 bits per heavy atom. The molecule has 4 heterocycles. The van der Waals surface area contributed by atoms with Crippen molar-refractivity contribution < 1.29 is 43.1 Å². The highest BCUT2D eigenvalue weighted by Crippen LogP contribution is 2.10. The van der Waals surface area contributed by atoms with Gasteiger partial charge in [0, 0.05) is 11.1 Å². The third-order valence-corrected chi connectivity index (χ3v) is 4.87. The van der Waals surface area contributed by atoms with Gasteiger partial charge in [0.2, 0.25) is 12.7 Å². The predicted molar refractivity (Wildman–Crippen MR) is 96.3 cm³/mol. The molecule has 1 aliphatic heterocycles. The summed E-state index contributed by atoms with van der Waals surface area (Å²) in [4.78, 5) is 4.83. The van der Waals surface area contributed by atoms with Gasteiger partial charge in [-0.1, -0.05) is 30.3 Å². The highest BCUT2D eigenvalue weighted by molar-refractivity contribution is 5.25. The van der Waals surface area contributed by atoms with E-state index in [1.807, 2.05) is 0 Å². The van der Waals surface area contributed by atoms with Crippen molar-refractivity contribution in [2.45, 2.75) is 26.2 Å². The molecular weight excluding hydrogens is 482 g/mol. The molecule has 0 N–H and O–H groups in total. The number of aromatic nitrogens is 5. The lowest BCUT2D eigenvalue weighted by Crippen LogP contribution is -3.00. The van der Waals surface area contributed by atoms with E-state index in [2.05, 4.69) is 98.2 Å². The van der Waals surface area contributed by atoms with Crippen molar-refractivity contribution in [3.63, 3.8) is 0 Å². The molecule has 0 spiro atoms. The van der Waals surface area contributed by atoms with Gasteiger partial charge in [0.15, 0.2) is 0 Å². The number of halogens is 2. The molecule has 6 bridgehead atoms. The summed E-state index contributed by atoms with van der Waals surface area (Å²) in [5.74, 6) is 0. The minimum atomic E-state index is 0. The summed E-state index contributed by atoms with van der Waals surface area (Å²) >= 11 is 0. The van der Waals surface area contributed by atoms with Crippen LogP contribution in [0.2, 0.25) is 0 Å². The van der Waals surface area contributed by atoms with E-state index in [0.29, 0.717) is 0 Å². The zero-order chi connectivity index (χ0) is 17.3. The maximum Gasteiger partial charge on any atom is 0.244 e.